The van der Waals surface area contributed by atoms with Crippen LogP contribution in [0.25, 0.3) is 0 Å². The van der Waals surface area contributed by atoms with Gasteiger partial charge in [-0.25, -0.2) is 4.79 Å². The molecule has 4 nitrogen and oxygen atoms in total. The predicted octanol–water partition coefficient (Wildman–Crippen LogP) is 2.03. The van der Waals surface area contributed by atoms with Gasteiger partial charge in [0.25, 0.3) is 0 Å². The highest BCUT2D eigenvalue weighted by molar-refractivity contribution is 6.09. The molecule has 0 aliphatic carbocycles. The molecule has 0 radical (unpaired) electrons. The number of ketones is 1. The molecule has 0 aliphatic heterocycles. The lowest BCUT2D eigenvalue weighted by Crippen LogP contribution is -2.13. The van der Waals surface area contributed by atoms with Crippen molar-refractivity contribution in [3.05, 3.63) is 71.3 Å². The smallest absolute Gasteiger partial charge is 0.338 e. The van der Waals surface area contributed by atoms with Gasteiger partial charge >= 0.3 is 5.97 Å². The zero-order chi connectivity index (χ0) is 14.4. The van der Waals surface area contributed by atoms with Crippen molar-refractivity contribution in [2.75, 3.05) is 13.2 Å². The number of hydrogen-bond donors (Lipinski definition) is 1. The molecule has 0 fully saturated rings. The summed E-state index contributed by atoms with van der Waals surface area (Å²) in [5.41, 5.74) is 6.82. The van der Waals surface area contributed by atoms with Crippen LogP contribution >= 0.6 is 0 Å². The molecule has 0 heterocycles. The fourth-order valence-electron chi connectivity index (χ4n) is 1.75. The fourth-order valence-corrected chi connectivity index (χ4v) is 1.75. The Hall–Kier alpha value is -2.46. The maximum atomic E-state index is 12.2. The molecule has 4 heteroatoms. The first-order valence-corrected chi connectivity index (χ1v) is 6.29. The molecule has 102 valence electrons. The van der Waals surface area contributed by atoms with Gasteiger partial charge in [-0.3, -0.25) is 4.79 Å². The van der Waals surface area contributed by atoms with Gasteiger partial charge in [0.05, 0.1) is 5.56 Å². The highest BCUT2D eigenvalue weighted by Crippen LogP contribution is 2.11. The molecule has 0 amide bonds. The van der Waals surface area contributed by atoms with Crippen LogP contribution < -0.4 is 5.73 Å². The van der Waals surface area contributed by atoms with Crippen LogP contribution in [0.15, 0.2) is 54.6 Å². The molecule has 2 aromatic carbocycles. The van der Waals surface area contributed by atoms with E-state index in [4.69, 9.17) is 10.5 Å². The Morgan fingerprint density at radius 1 is 0.850 bits per heavy atom. The van der Waals surface area contributed by atoms with Gasteiger partial charge in [0.1, 0.15) is 6.61 Å². The Labute approximate surface area is 117 Å². The summed E-state index contributed by atoms with van der Waals surface area (Å²) in [5.74, 6) is -0.512. The summed E-state index contributed by atoms with van der Waals surface area (Å²) >= 11 is 0. The Balaban J connectivity index is 2.12. The van der Waals surface area contributed by atoms with Crippen molar-refractivity contribution in [3.8, 4) is 0 Å². The average Bonchev–Trinajstić information content (AvgIpc) is 2.53. The molecule has 0 bridgehead atoms. The molecular formula is C16H15NO3. The van der Waals surface area contributed by atoms with Crippen LogP contribution in [0, 0.1) is 0 Å². The van der Waals surface area contributed by atoms with Crippen molar-refractivity contribution in [2.24, 2.45) is 5.73 Å². The van der Waals surface area contributed by atoms with Crippen LogP contribution in [0.1, 0.15) is 26.3 Å². The van der Waals surface area contributed by atoms with Gasteiger partial charge in [-0.05, 0) is 12.1 Å². The largest absolute Gasteiger partial charge is 0.461 e. The normalized spacial score (nSPS) is 10.1. The number of carbonyl (C=O) groups excluding carboxylic acids is 2. The minimum atomic E-state index is -0.436. The van der Waals surface area contributed by atoms with Crippen molar-refractivity contribution >= 4 is 11.8 Å². The van der Waals surface area contributed by atoms with Gasteiger partial charge in [-0.15, -0.1) is 0 Å². The lowest BCUT2D eigenvalue weighted by atomic mass is 10.0. The van der Waals surface area contributed by atoms with Crippen LogP contribution in [0.5, 0.6) is 0 Å². The van der Waals surface area contributed by atoms with E-state index in [2.05, 4.69) is 0 Å². The van der Waals surface area contributed by atoms with Crippen molar-refractivity contribution in [1.29, 1.82) is 0 Å². The van der Waals surface area contributed by atoms with E-state index in [1.807, 2.05) is 18.2 Å². The molecule has 0 atom stereocenters. The maximum Gasteiger partial charge on any atom is 0.338 e. The first-order chi connectivity index (χ1) is 9.72. The number of esters is 1. The van der Waals surface area contributed by atoms with E-state index < -0.39 is 5.97 Å². The third-order valence-electron chi connectivity index (χ3n) is 2.77. The highest BCUT2D eigenvalue weighted by Gasteiger charge is 2.11. The Bertz CT molecular complexity index is 591. The molecule has 2 rings (SSSR count). The van der Waals surface area contributed by atoms with Gasteiger partial charge in [0, 0.05) is 17.7 Å². The van der Waals surface area contributed by atoms with E-state index in [0.29, 0.717) is 16.7 Å². The molecule has 2 aromatic rings. The zero-order valence-corrected chi connectivity index (χ0v) is 10.9. The van der Waals surface area contributed by atoms with Crippen molar-refractivity contribution < 1.29 is 14.3 Å². The third-order valence-corrected chi connectivity index (χ3v) is 2.77. The zero-order valence-electron chi connectivity index (χ0n) is 10.9. The minimum Gasteiger partial charge on any atom is -0.461 e. The molecule has 0 unspecified atom stereocenters. The maximum absolute atomic E-state index is 12.2. The van der Waals surface area contributed by atoms with Gasteiger partial charge in [-0.1, -0.05) is 42.5 Å². The molecule has 0 aromatic heterocycles. The van der Waals surface area contributed by atoms with E-state index in [-0.39, 0.29) is 18.9 Å². The summed E-state index contributed by atoms with van der Waals surface area (Å²) in [6.45, 7) is 0.472. The number of benzene rings is 2. The monoisotopic (exact) mass is 269 g/mol. The van der Waals surface area contributed by atoms with Crippen molar-refractivity contribution in [3.63, 3.8) is 0 Å². The number of carbonyl (C=O) groups is 2. The summed E-state index contributed by atoms with van der Waals surface area (Å²) in [4.78, 5) is 23.8. The summed E-state index contributed by atoms with van der Waals surface area (Å²) in [6, 6.07) is 15.4. The predicted molar refractivity (Wildman–Crippen MR) is 75.7 cm³/mol. The van der Waals surface area contributed by atoms with Crippen LogP contribution in [-0.2, 0) is 4.74 Å². The summed E-state index contributed by atoms with van der Waals surface area (Å²) in [7, 11) is 0. The van der Waals surface area contributed by atoms with Crippen molar-refractivity contribution in [1.82, 2.24) is 0 Å². The standard InChI is InChI=1S/C16H15NO3/c17-10-11-20-16(19)14-8-6-13(7-9-14)15(18)12-4-2-1-3-5-12/h1-9H,10-11,17H2. The number of hydrogen-bond acceptors (Lipinski definition) is 4. The summed E-state index contributed by atoms with van der Waals surface area (Å²) in [6.07, 6.45) is 0. The van der Waals surface area contributed by atoms with E-state index in [1.54, 1.807) is 36.4 Å². The van der Waals surface area contributed by atoms with Crippen LogP contribution in [0.2, 0.25) is 0 Å². The first kappa shape index (κ1) is 14.0. The Kier molecular flexibility index (Phi) is 4.63. The van der Waals surface area contributed by atoms with Crippen LogP contribution in [0.3, 0.4) is 0 Å². The quantitative estimate of drug-likeness (QED) is 0.666. The first-order valence-electron chi connectivity index (χ1n) is 6.29. The van der Waals surface area contributed by atoms with Crippen molar-refractivity contribution in [2.45, 2.75) is 0 Å². The minimum absolute atomic E-state index is 0.0764. The van der Waals surface area contributed by atoms with E-state index >= 15 is 0 Å². The molecule has 0 saturated heterocycles. The van der Waals surface area contributed by atoms with Crippen LogP contribution in [0.4, 0.5) is 0 Å². The summed E-state index contributed by atoms with van der Waals surface area (Å²) in [5, 5.41) is 0. The lowest BCUT2D eigenvalue weighted by molar-refractivity contribution is 0.0516. The van der Waals surface area contributed by atoms with Gasteiger partial charge < -0.3 is 10.5 Å². The fraction of sp³-hybridized carbons (Fsp3) is 0.125. The number of nitrogens with two attached hydrogens (primary N) is 1. The number of ether oxygens (including phenoxy) is 1. The van der Waals surface area contributed by atoms with E-state index in [9.17, 15) is 9.59 Å². The Morgan fingerprint density at radius 3 is 2.00 bits per heavy atom. The van der Waals surface area contributed by atoms with Gasteiger partial charge in [0.15, 0.2) is 5.78 Å². The molecule has 2 N–H and O–H groups in total. The molecule has 0 saturated carbocycles. The van der Waals surface area contributed by atoms with E-state index in [1.165, 1.54) is 0 Å². The second-order valence-corrected chi connectivity index (χ2v) is 4.20. The second kappa shape index (κ2) is 6.63. The molecule has 0 spiro atoms. The van der Waals surface area contributed by atoms with Crippen LogP contribution in [-0.4, -0.2) is 24.9 Å². The Morgan fingerprint density at radius 2 is 1.40 bits per heavy atom. The van der Waals surface area contributed by atoms with E-state index in [0.717, 1.165) is 0 Å². The third kappa shape index (κ3) is 3.30. The van der Waals surface area contributed by atoms with Gasteiger partial charge in [-0.2, -0.15) is 0 Å². The highest BCUT2D eigenvalue weighted by atomic mass is 16.5. The second-order valence-electron chi connectivity index (χ2n) is 4.20. The van der Waals surface area contributed by atoms with Gasteiger partial charge in [0.2, 0.25) is 0 Å². The molecule has 20 heavy (non-hydrogen) atoms. The topological polar surface area (TPSA) is 69.4 Å². The number of rotatable bonds is 5. The average molecular weight is 269 g/mol. The molecule has 0 aliphatic rings. The SMILES string of the molecule is NCCOC(=O)c1ccc(C(=O)c2ccccc2)cc1. The molecular weight excluding hydrogens is 254 g/mol. The summed E-state index contributed by atoms with van der Waals surface area (Å²) < 4.78 is 4.91. The lowest BCUT2D eigenvalue weighted by Gasteiger charge is -2.04.